The van der Waals surface area contributed by atoms with Gasteiger partial charge in [-0.3, -0.25) is 4.79 Å². The molecule has 0 aliphatic carbocycles. The molecule has 2 heterocycles. The summed E-state index contributed by atoms with van der Waals surface area (Å²) < 4.78 is 29.0. The zero-order valence-corrected chi connectivity index (χ0v) is 17.6. The van der Waals surface area contributed by atoms with Gasteiger partial charge in [0.1, 0.15) is 5.52 Å². The van der Waals surface area contributed by atoms with Crippen molar-refractivity contribution in [1.29, 1.82) is 0 Å². The molecule has 2 aromatic heterocycles. The lowest BCUT2D eigenvalue weighted by atomic mass is 10.00. The smallest absolute Gasteiger partial charge is 0.275 e. The quantitative estimate of drug-likeness (QED) is 0.513. The number of aromatic nitrogens is 2. The molecule has 4 rings (SSSR count). The fourth-order valence-corrected chi connectivity index (χ4v) is 5.06. The number of aryl methyl sites for hydroxylation is 4. The first kappa shape index (κ1) is 19.2. The Labute approximate surface area is 169 Å². The van der Waals surface area contributed by atoms with Gasteiger partial charge < -0.3 is 4.57 Å². The van der Waals surface area contributed by atoms with Crippen LogP contribution in [0.15, 0.2) is 70.6 Å². The lowest BCUT2D eigenvalue weighted by Gasteiger charge is -2.12. The van der Waals surface area contributed by atoms with E-state index in [2.05, 4.69) is 6.07 Å². The first-order valence-corrected chi connectivity index (χ1v) is 10.7. The summed E-state index contributed by atoms with van der Waals surface area (Å²) in [5.74, 6) is 0. The van der Waals surface area contributed by atoms with Crippen LogP contribution in [-0.4, -0.2) is 17.0 Å². The van der Waals surface area contributed by atoms with Crippen LogP contribution >= 0.6 is 0 Å². The van der Waals surface area contributed by atoms with E-state index in [1.54, 1.807) is 43.6 Å². The van der Waals surface area contributed by atoms with Gasteiger partial charge in [0.25, 0.3) is 15.6 Å². The largest absolute Gasteiger partial charge is 0.316 e. The molecule has 0 atom stereocenters. The predicted molar refractivity (Wildman–Crippen MR) is 116 cm³/mol. The summed E-state index contributed by atoms with van der Waals surface area (Å²) in [6.07, 6.45) is 3.23. The molecule has 148 valence electrons. The van der Waals surface area contributed by atoms with E-state index >= 15 is 0 Å². The number of rotatable bonds is 3. The van der Waals surface area contributed by atoms with Gasteiger partial charge >= 0.3 is 0 Å². The molecule has 0 fully saturated rings. The molecule has 0 amide bonds. The van der Waals surface area contributed by atoms with Crippen molar-refractivity contribution in [3.63, 3.8) is 0 Å². The van der Waals surface area contributed by atoms with E-state index < -0.39 is 10.0 Å². The monoisotopic (exact) mass is 406 g/mol. The Balaban J connectivity index is 2.03. The molecule has 2 aromatic carbocycles. The van der Waals surface area contributed by atoms with Crippen molar-refractivity contribution in [2.24, 2.45) is 7.05 Å². The summed E-state index contributed by atoms with van der Waals surface area (Å²) in [5.41, 5.74) is 4.76. The number of hydrogen-bond donors (Lipinski definition) is 0. The molecule has 0 bridgehead atoms. The van der Waals surface area contributed by atoms with Crippen molar-refractivity contribution in [3.05, 3.63) is 88.0 Å². The van der Waals surface area contributed by atoms with Crippen LogP contribution in [0.5, 0.6) is 0 Å². The minimum Gasteiger partial charge on any atom is -0.316 e. The highest BCUT2D eigenvalue weighted by Gasteiger charge is 2.23. The molecule has 29 heavy (non-hydrogen) atoms. The first-order chi connectivity index (χ1) is 13.7. The number of pyridine rings is 1. The first-order valence-electron chi connectivity index (χ1n) is 9.30. The summed E-state index contributed by atoms with van der Waals surface area (Å²) in [7, 11) is -2.25. The topological polar surface area (TPSA) is 61.1 Å². The second kappa shape index (κ2) is 6.74. The molecule has 0 aliphatic rings. The van der Waals surface area contributed by atoms with Gasteiger partial charge in [-0.05, 0) is 44.5 Å². The molecular weight excluding hydrogens is 384 g/mol. The fraction of sp³-hybridized carbons (Fsp3) is 0.174. The third-order valence-corrected chi connectivity index (χ3v) is 6.79. The van der Waals surface area contributed by atoms with Crippen LogP contribution in [0.2, 0.25) is 0 Å². The minimum atomic E-state index is -3.89. The molecule has 5 nitrogen and oxygen atoms in total. The SMILES string of the molecule is Cc1ccc(S(=O)(=O)n2ccc3c(-c4cc(C)cc(C)c4)cn(C)c(=O)c32)cc1. The molecule has 4 aromatic rings. The number of benzene rings is 2. The Morgan fingerprint density at radius 1 is 0.828 bits per heavy atom. The molecule has 0 aliphatic heterocycles. The normalized spacial score (nSPS) is 11.9. The van der Waals surface area contributed by atoms with Gasteiger partial charge in [-0.25, -0.2) is 12.4 Å². The molecule has 6 heteroatoms. The third kappa shape index (κ3) is 3.19. The van der Waals surface area contributed by atoms with Crippen LogP contribution in [0, 0.1) is 20.8 Å². The Morgan fingerprint density at radius 2 is 1.45 bits per heavy atom. The van der Waals surface area contributed by atoms with E-state index in [0.717, 1.165) is 31.8 Å². The highest BCUT2D eigenvalue weighted by Crippen LogP contribution is 2.30. The summed E-state index contributed by atoms with van der Waals surface area (Å²) in [5, 5.41) is 0.619. The summed E-state index contributed by atoms with van der Waals surface area (Å²) in [4.78, 5) is 13.1. The zero-order valence-electron chi connectivity index (χ0n) is 16.8. The van der Waals surface area contributed by atoms with Gasteiger partial charge in [0.15, 0.2) is 0 Å². The lowest BCUT2D eigenvalue weighted by Crippen LogP contribution is -2.22. The van der Waals surface area contributed by atoms with Crippen LogP contribution in [0.25, 0.3) is 22.0 Å². The summed E-state index contributed by atoms with van der Waals surface area (Å²) in [6, 6.07) is 14.5. The van der Waals surface area contributed by atoms with Crippen molar-refractivity contribution in [3.8, 4) is 11.1 Å². The summed E-state index contributed by atoms with van der Waals surface area (Å²) >= 11 is 0. The molecular formula is C23H22N2O3S. The number of fused-ring (bicyclic) bond motifs is 1. The van der Waals surface area contributed by atoms with Gasteiger partial charge in [-0.2, -0.15) is 0 Å². The van der Waals surface area contributed by atoms with Crippen LogP contribution < -0.4 is 5.56 Å². The number of hydrogen-bond acceptors (Lipinski definition) is 3. The van der Waals surface area contributed by atoms with Crippen molar-refractivity contribution in [1.82, 2.24) is 8.54 Å². The average Bonchev–Trinajstić information content (AvgIpc) is 3.10. The maximum atomic E-state index is 13.3. The average molecular weight is 407 g/mol. The Kier molecular flexibility index (Phi) is 4.46. The number of nitrogens with zero attached hydrogens (tertiary/aromatic N) is 2. The van der Waals surface area contributed by atoms with E-state index in [1.165, 1.54) is 10.8 Å². The Bertz CT molecular complexity index is 1390. The van der Waals surface area contributed by atoms with E-state index in [-0.39, 0.29) is 16.0 Å². The molecule has 0 radical (unpaired) electrons. The van der Waals surface area contributed by atoms with Gasteiger partial charge in [-0.15, -0.1) is 0 Å². The highest BCUT2D eigenvalue weighted by atomic mass is 32.2. The van der Waals surface area contributed by atoms with Gasteiger partial charge in [0.05, 0.1) is 4.90 Å². The van der Waals surface area contributed by atoms with Crippen LogP contribution in [-0.2, 0) is 17.1 Å². The van der Waals surface area contributed by atoms with E-state index in [0.29, 0.717) is 5.39 Å². The zero-order chi connectivity index (χ0) is 20.9. The maximum Gasteiger partial charge on any atom is 0.275 e. The maximum absolute atomic E-state index is 13.3. The van der Waals surface area contributed by atoms with Crippen molar-refractivity contribution >= 4 is 20.9 Å². The van der Waals surface area contributed by atoms with Crippen molar-refractivity contribution in [2.75, 3.05) is 0 Å². The Morgan fingerprint density at radius 3 is 2.07 bits per heavy atom. The lowest BCUT2D eigenvalue weighted by molar-refractivity contribution is 0.589. The van der Waals surface area contributed by atoms with Gasteiger partial charge in [0, 0.05) is 30.4 Å². The molecule has 0 unspecified atom stereocenters. The summed E-state index contributed by atoms with van der Waals surface area (Å²) in [6.45, 7) is 5.93. The standard InChI is InChI=1S/C23H22N2O3S/c1-15-5-7-19(8-6-15)29(27,28)25-10-9-20-21(14-24(4)23(26)22(20)25)18-12-16(2)11-17(3)13-18/h5-14H,1-4H3. The van der Waals surface area contributed by atoms with Crippen LogP contribution in [0.3, 0.4) is 0 Å². The minimum absolute atomic E-state index is 0.152. The van der Waals surface area contributed by atoms with E-state index in [4.69, 9.17) is 0 Å². The molecule has 0 saturated carbocycles. The van der Waals surface area contributed by atoms with Gasteiger partial charge in [-0.1, -0.05) is 47.0 Å². The Hall–Kier alpha value is -3.12. The third-order valence-electron chi connectivity index (χ3n) is 5.10. The van der Waals surface area contributed by atoms with Crippen LogP contribution in [0.4, 0.5) is 0 Å². The van der Waals surface area contributed by atoms with Gasteiger partial charge in [0.2, 0.25) is 0 Å². The van der Waals surface area contributed by atoms with Crippen molar-refractivity contribution in [2.45, 2.75) is 25.7 Å². The predicted octanol–water partition coefficient (Wildman–Crippen LogP) is 4.17. The van der Waals surface area contributed by atoms with Crippen LogP contribution in [0.1, 0.15) is 16.7 Å². The highest BCUT2D eigenvalue weighted by molar-refractivity contribution is 7.90. The fourth-order valence-electron chi connectivity index (χ4n) is 3.71. The molecule has 0 saturated heterocycles. The second-order valence-electron chi connectivity index (χ2n) is 7.53. The second-order valence-corrected chi connectivity index (χ2v) is 9.34. The van der Waals surface area contributed by atoms with E-state index in [9.17, 15) is 13.2 Å². The molecule has 0 N–H and O–H groups in total. The van der Waals surface area contributed by atoms with E-state index in [1.807, 2.05) is 32.9 Å². The van der Waals surface area contributed by atoms with Crippen molar-refractivity contribution < 1.29 is 8.42 Å². The molecule has 0 spiro atoms.